The maximum atomic E-state index is 5.87. The summed E-state index contributed by atoms with van der Waals surface area (Å²) in [6, 6.07) is 3.79. The highest BCUT2D eigenvalue weighted by Crippen LogP contribution is 2.14. The molecule has 80 valence electrons. The summed E-state index contributed by atoms with van der Waals surface area (Å²) in [6.45, 7) is 5.18. The van der Waals surface area contributed by atoms with E-state index in [1.807, 2.05) is 12.1 Å². The quantitative estimate of drug-likeness (QED) is 0.745. The van der Waals surface area contributed by atoms with Crippen LogP contribution < -0.4 is 5.73 Å². The van der Waals surface area contributed by atoms with Gasteiger partial charge in [0.15, 0.2) is 0 Å². The average Bonchev–Trinajstić information content (AvgIpc) is 2.22. The van der Waals surface area contributed by atoms with Gasteiger partial charge in [0.05, 0.1) is 11.4 Å². The first-order valence-electron chi connectivity index (χ1n) is 5.33. The molecule has 0 bridgehead atoms. The molecule has 0 fully saturated rings. The van der Waals surface area contributed by atoms with Crippen molar-refractivity contribution in [2.75, 3.05) is 18.8 Å². The molecule has 2 N–H and O–H groups in total. The fraction of sp³-hybridized carbons (Fsp3) is 0.417. The highest BCUT2D eigenvalue weighted by Gasteiger charge is 2.11. The molecule has 3 nitrogen and oxygen atoms in total. The monoisotopic (exact) mass is 203 g/mol. The number of pyridine rings is 1. The van der Waals surface area contributed by atoms with Crippen molar-refractivity contribution in [1.29, 1.82) is 0 Å². The minimum atomic E-state index is 0.796. The van der Waals surface area contributed by atoms with Crippen LogP contribution in [-0.2, 0) is 6.54 Å². The molecule has 0 aromatic carbocycles. The molecule has 15 heavy (non-hydrogen) atoms. The first kappa shape index (κ1) is 10.2. The average molecular weight is 203 g/mol. The number of nitrogens with zero attached hydrogens (tertiary/aromatic N) is 2. The minimum Gasteiger partial charge on any atom is -0.397 e. The van der Waals surface area contributed by atoms with Gasteiger partial charge in [0.1, 0.15) is 0 Å². The van der Waals surface area contributed by atoms with Crippen LogP contribution >= 0.6 is 0 Å². The van der Waals surface area contributed by atoms with Crippen molar-refractivity contribution in [2.45, 2.75) is 19.9 Å². The van der Waals surface area contributed by atoms with Crippen LogP contribution in [0, 0.1) is 0 Å². The Labute approximate surface area is 90.6 Å². The number of rotatable bonds is 2. The third-order valence-electron chi connectivity index (χ3n) is 2.71. The fourth-order valence-corrected chi connectivity index (χ4v) is 1.92. The van der Waals surface area contributed by atoms with Gasteiger partial charge in [0, 0.05) is 25.8 Å². The number of hydrogen-bond donors (Lipinski definition) is 1. The Morgan fingerprint density at radius 3 is 3.13 bits per heavy atom. The van der Waals surface area contributed by atoms with Crippen LogP contribution in [0.25, 0.3) is 0 Å². The lowest BCUT2D eigenvalue weighted by Gasteiger charge is -2.25. The molecular weight excluding hydrogens is 186 g/mol. The standard InChI is InChI=1S/C12H17N3/c1-10-4-3-7-15(8-10)9-12-11(13)5-2-6-14-12/h2,4-6H,3,7-9,13H2,1H3. The lowest BCUT2D eigenvalue weighted by Crippen LogP contribution is -2.29. The third kappa shape index (κ3) is 2.57. The molecule has 0 aliphatic carbocycles. The molecule has 1 aromatic rings. The number of nitrogens with two attached hydrogens (primary N) is 1. The zero-order valence-corrected chi connectivity index (χ0v) is 9.11. The Morgan fingerprint density at radius 1 is 1.53 bits per heavy atom. The van der Waals surface area contributed by atoms with Crippen molar-refractivity contribution < 1.29 is 0 Å². The van der Waals surface area contributed by atoms with E-state index in [-0.39, 0.29) is 0 Å². The number of hydrogen-bond acceptors (Lipinski definition) is 3. The van der Waals surface area contributed by atoms with E-state index in [1.54, 1.807) is 6.20 Å². The van der Waals surface area contributed by atoms with Crippen molar-refractivity contribution in [1.82, 2.24) is 9.88 Å². The maximum Gasteiger partial charge on any atom is 0.0772 e. The van der Waals surface area contributed by atoms with Gasteiger partial charge in [-0.15, -0.1) is 0 Å². The van der Waals surface area contributed by atoms with Crippen LogP contribution in [0.1, 0.15) is 19.0 Å². The molecule has 0 saturated carbocycles. The molecule has 0 atom stereocenters. The Morgan fingerprint density at radius 2 is 2.40 bits per heavy atom. The van der Waals surface area contributed by atoms with Gasteiger partial charge in [-0.25, -0.2) is 0 Å². The van der Waals surface area contributed by atoms with Crippen LogP contribution in [0.4, 0.5) is 5.69 Å². The maximum absolute atomic E-state index is 5.87. The molecule has 0 unspecified atom stereocenters. The van der Waals surface area contributed by atoms with E-state index in [2.05, 4.69) is 22.9 Å². The first-order valence-corrected chi connectivity index (χ1v) is 5.33. The molecule has 0 saturated heterocycles. The normalized spacial score (nSPS) is 17.5. The van der Waals surface area contributed by atoms with E-state index in [9.17, 15) is 0 Å². The van der Waals surface area contributed by atoms with Gasteiger partial charge in [-0.3, -0.25) is 9.88 Å². The van der Waals surface area contributed by atoms with Crippen LogP contribution in [0.5, 0.6) is 0 Å². The van der Waals surface area contributed by atoms with Crippen molar-refractivity contribution in [2.24, 2.45) is 0 Å². The molecule has 2 heterocycles. The van der Waals surface area contributed by atoms with Gasteiger partial charge in [0.2, 0.25) is 0 Å². The molecule has 0 radical (unpaired) electrons. The summed E-state index contributed by atoms with van der Waals surface area (Å²) >= 11 is 0. The highest BCUT2D eigenvalue weighted by molar-refractivity contribution is 5.41. The fourth-order valence-electron chi connectivity index (χ4n) is 1.92. The Kier molecular flexibility index (Phi) is 3.02. The lowest BCUT2D eigenvalue weighted by molar-refractivity contribution is 0.279. The van der Waals surface area contributed by atoms with Crippen molar-refractivity contribution in [3.63, 3.8) is 0 Å². The Balaban J connectivity index is 2.03. The smallest absolute Gasteiger partial charge is 0.0772 e. The molecule has 3 heteroatoms. The summed E-state index contributed by atoms with van der Waals surface area (Å²) < 4.78 is 0. The van der Waals surface area contributed by atoms with Crippen molar-refractivity contribution in [3.8, 4) is 0 Å². The van der Waals surface area contributed by atoms with Crippen molar-refractivity contribution >= 4 is 5.69 Å². The van der Waals surface area contributed by atoms with Gasteiger partial charge >= 0.3 is 0 Å². The van der Waals surface area contributed by atoms with Crippen LogP contribution in [0.2, 0.25) is 0 Å². The topological polar surface area (TPSA) is 42.2 Å². The second kappa shape index (κ2) is 4.45. The number of aromatic nitrogens is 1. The predicted octanol–water partition coefficient (Wildman–Crippen LogP) is 1.82. The minimum absolute atomic E-state index is 0.796. The molecule has 1 aromatic heterocycles. The molecular formula is C12H17N3. The Hall–Kier alpha value is -1.35. The van der Waals surface area contributed by atoms with Gasteiger partial charge in [-0.2, -0.15) is 0 Å². The third-order valence-corrected chi connectivity index (χ3v) is 2.71. The van der Waals surface area contributed by atoms with Crippen LogP contribution in [-0.4, -0.2) is 23.0 Å². The molecule has 1 aliphatic heterocycles. The van der Waals surface area contributed by atoms with E-state index >= 15 is 0 Å². The van der Waals surface area contributed by atoms with Crippen LogP contribution in [0.3, 0.4) is 0 Å². The zero-order valence-electron chi connectivity index (χ0n) is 9.11. The number of nitrogen functional groups attached to an aromatic ring is 1. The molecule has 0 spiro atoms. The molecule has 2 rings (SSSR count). The largest absolute Gasteiger partial charge is 0.397 e. The summed E-state index contributed by atoms with van der Waals surface area (Å²) in [6.07, 6.45) is 5.25. The van der Waals surface area contributed by atoms with Gasteiger partial charge in [0.25, 0.3) is 0 Å². The lowest BCUT2D eigenvalue weighted by atomic mass is 10.1. The van der Waals surface area contributed by atoms with E-state index in [1.165, 1.54) is 5.57 Å². The first-order chi connectivity index (χ1) is 7.25. The second-order valence-electron chi connectivity index (χ2n) is 4.09. The van der Waals surface area contributed by atoms with Crippen molar-refractivity contribution in [3.05, 3.63) is 35.7 Å². The summed E-state index contributed by atoms with van der Waals surface area (Å²) in [7, 11) is 0. The zero-order chi connectivity index (χ0) is 10.7. The summed E-state index contributed by atoms with van der Waals surface area (Å²) in [5.41, 5.74) is 9.10. The molecule has 1 aliphatic rings. The number of anilines is 1. The summed E-state index contributed by atoms with van der Waals surface area (Å²) in [4.78, 5) is 6.69. The highest BCUT2D eigenvalue weighted by atomic mass is 15.1. The van der Waals surface area contributed by atoms with Crippen LogP contribution in [0.15, 0.2) is 30.0 Å². The van der Waals surface area contributed by atoms with E-state index in [0.717, 1.165) is 37.4 Å². The molecule has 0 amide bonds. The summed E-state index contributed by atoms with van der Waals surface area (Å²) in [5.74, 6) is 0. The van der Waals surface area contributed by atoms with E-state index in [4.69, 9.17) is 5.73 Å². The van der Waals surface area contributed by atoms with Gasteiger partial charge in [-0.1, -0.05) is 11.6 Å². The Bertz CT molecular complexity index is 371. The summed E-state index contributed by atoms with van der Waals surface area (Å²) in [5, 5.41) is 0. The SMILES string of the molecule is CC1=CCCN(Cc2ncccc2N)C1. The second-order valence-corrected chi connectivity index (χ2v) is 4.09. The predicted molar refractivity (Wildman–Crippen MR) is 62.3 cm³/mol. The van der Waals surface area contributed by atoms with E-state index < -0.39 is 0 Å². The van der Waals surface area contributed by atoms with Gasteiger partial charge in [-0.05, 0) is 25.5 Å². The van der Waals surface area contributed by atoms with Gasteiger partial charge < -0.3 is 5.73 Å². The van der Waals surface area contributed by atoms with E-state index in [0.29, 0.717) is 0 Å².